The van der Waals surface area contributed by atoms with Crippen LogP contribution in [0.15, 0.2) is 12.5 Å². The molecule has 8 atom stereocenters. The molecule has 1 aliphatic heterocycles. The number of carboxylic acid groups (broad SMARTS) is 2. The van der Waals surface area contributed by atoms with Crippen molar-refractivity contribution in [2.24, 2.45) is 22.9 Å². The van der Waals surface area contributed by atoms with Crippen molar-refractivity contribution in [3.05, 3.63) is 18.2 Å². The predicted molar refractivity (Wildman–Crippen MR) is 219 cm³/mol. The number of H-pyrrole nitrogens is 1. The van der Waals surface area contributed by atoms with Crippen LogP contribution in [0.2, 0.25) is 0 Å². The van der Waals surface area contributed by atoms with Crippen molar-refractivity contribution in [3.8, 4) is 0 Å². The van der Waals surface area contributed by atoms with Crippen molar-refractivity contribution in [3.63, 3.8) is 0 Å². The molecule has 0 spiro atoms. The Morgan fingerprint density at radius 1 is 0.797 bits per heavy atom. The molecule has 2 heterocycles. The van der Waals surface area contributed by atoms with E-state index in [-0.39, 0.29) is 25.8 Å². The molecule has 64 heavy (non-hydrogen) atoms. The van der Waals surface area contributed by atoms with E-state index in [0.29, 0.717) is 31.5 Å². The minimum absolute atomic E-state index is 0.0931. The zero-order valence-electron chi connectivity index (χ0n) is 35.2. The van der Waals surface area contributed by atoms with Gasteiger partial charge in [0.15, 0.2) is 0 Å². The molecule has 356 valence electrons. The van der Waals surface area contributed by atoms with Crippen LogP contribution in [-0.4, -0.2) is 163 Å². The molecule has 18 N–H and O–H groups in total. The van der Waals surface area contributed by atoms with Gasteiger partial charge in [0, 0.05) is 37.7 Å². The second-order valence-electron chi connectivity index (χ2n) is 15.1. The van der Waals surface area contributed by atoms with Gasteiger partial charge in [0.2, 0.25) is 53.2 Å². The van der Waals surface area contributed by atoms with Crippen molar-refractivity contribution in [2.75, 3.05) is 19.6 Å². The van der Waals surface area contributed by atoms with E-state index in [2.05, 4.69) is 41.9 Å². The predicted octanol–water partition coefficient (Wildman–Crippen LogP) is -6.59. The van der Waals surface area contributed by atoms with Crippen molar-refractivity contribution >= 4 is 65.1 Å². The number of aliphatic hydroxyl groups excluding tert-OH is 1. The topological polar surface area (TPSA) is 457 Å². The van der Waals surface area contributed by atoms with E-state index in [1.54, 1.807) is 0 Å². The SMILES string of the molecule is C[C@@H](O)[C@H](N)C(=O)N[C@@H](CCC(N)=O)C(=O)N[C@@H](CC(N)=O)C(=O)N[C@@H](CCC(=O)O)C(=O)NCC(=O)N[C@@H](Cc1cnc[nH]1)C(=O)N1CCC[C@H]1C(=O)N[C@@H](CCCCN)C(=O)O. The lowest BCUT2D eigenvalue weighted by Gasteiger charge is -2.29. The van der Waals surface area contributed by atoms with Gasteiger partial charge in [0.1, 0.15) is 42.3 Å². The Bertz CT molecular complexity index is 1830. The smallest absolute Gasteiger partial charge is 0.326 e. The molecule has 0 aliphatic carbocycles. The number of carboxylic acids is 2. The number of aromatic nitrogens is 2. The first-order chi connectivity index (χ1) is 30.1. The first-order valence-electron chi connectivity index (χ1n) is 20.4. The van der Waals surface area contributed by atoms with Gasteiger partial charge in [-0.25, -0.2) is 9.78 Å². The number of nitrogens with one attached hydrogen (secondary N) is 7. The molecule has 1 aliphatic rings. The highest BCUT2D eigenvalue weighted by Crippen LogP contribution is 2.20. The van der Waals surface area contributed by atoms with Crippen LogP contribution in [0.1, 0.15) is 76.8 Å². The van der Waals surface area contributed by atoms with Gasteiger partial charge in [-0.3, -0.25) is 47.9 Å². The maximum Gasteiger partial charge on any atom is 0.326 e. The van der Waals surface area contributed by atoms with Crippen molar-refractivity contribution in [1.29, 1.82) is 0 Å². The Hall–Kier alpha value is -6.74. The second-order valence-corrected chi connectivity index (χ2v) is 15.1. The molecule has 27 nitrogen and oxygen atoms in total. The summed E-state index contributed by atoms with van der Waals surface area (Å²) in [4.78, 5) is 148. The third-order valence-electron chi connectivity index (χ3n) is 9.89. The molecule has 1 aromatic heterocycles. The Balaban J connectivity index is 2.24. The highest BCUT2D eigenvalue weighted by atomic mass is 16.4. The van der Waals surface area contributed by atoms with Crippen LogP contribution in [-0.2, 0) is 59.2 Å². The molecule has 27 heteroatoms. The Kier molecular flexibility index (Phi) is 22.3. The van der Waals surface area contributed by atoms with Gasteiger partial charge >= 0.3 is 11.9 Å². The normalized spacial score (nSPS) is 16.6. The number of imidazole rings is 1. The summed E-state index contributed by atoms with van der Waals surface area (Å²) in [6.07, 6.45) is -0.169. The zero-order valence-corrected chi connectivity index (χ0v) is 35.2. The lowest BCUT2D eigenvalue weighted by molar-refractivity contribution is -0.145. The summed E-state index contributed by atoms with van der Waals surface area (Å²) >= 11 is 0. The fraction of sp³-hybridized carbons (Fsp3) is 0.622. The number of carbonyl (C=O) groups excluding carboxylic acids is 9. The molecule has 1 fully saturated rings. The van der Waals surface area contributed by atoms with Crippen LogP contribution in [0.5, 0.6) is 0 Å². The summed E-state index contributed by atoms with van der Waals surface area (Å²) in [6.45, 7) is 0.783. The highest BCUT2D eigenvalue weighted by molar-refractivity contribution is 5.98. The second kappa shape index (κ2) is 26.7. The monoisotopic (exact) mass is 909 g/mol. The number of rotatable bonds is 29. The molecular formula is C37H59N13O14. The molecule has 0 bridgehead atoms. The Labute approximate surface area is 366 Å². The van der Waals surface area contributed by atoms with Crippen LogP contribution in [0.25, 0.3) is 0 Å². The quantitative estimate of drug-likeness (QED) is 0.0332. The van der Waals surface area contributed by atoms with Crippen LogP contribution in [0.3, 0.4) is 0 Å². The fourth-order valence-electron chi connectivity index (χ4n) is 6.41. The number of carbonyl (C=O) groups is 11. The minimum atomic E-state index is -1.84. The molecule has 0 radical (unpaired) electrons. The van der Waals surface area contributed by atoms with E-state index in [4.69, 9.17) is 22.9 Å². The lowest BCUT2D eigenvalue weighted by atomic mass is 10.1. The van der Waals surface area contributed by atoms with E-state index in [0.717, 1.165) is 0 Å². The van der Waals surface area contributed by atoms with Gasteiger partial charge in [-0.15, -0.1) is 0 Å². The number of aliphatic carboxylic acids is 2. The van der Waals surface area contributed by atoms with Crippen LogP contribution in [0.4, 0.5) is 0 Å². The Morgan fingerprint density at radius 3 is 2.00 bits per heavy atom. The average molecular weight is 910 g/mol. The number of primary amides is 2. The molecule has 9 amide bonds. The Morgan fingerprint density at radius 2 is 1.42 bits per heavy atom. The maximum absolute atomic E-state index is 14.0. The molecule has 2 rings (SSSR count). The number of likely N-dealkylation sites (tertiary alicyclic amines) is 1. The summed E-state index contributed by atoms with van der Waals surface area (Å²) in [6, 6.07) is -10.3. The van der Waals surface area contributed by atoms with Crippen molar-refractivity contribution in [1.82, 2.24) is 46.8 Å². The average Bonchev–Trinajstić information content (AvgIpc) is 3.94. The van der Waals surface area contributed by atoms with Gasteiger partial charge in [0.05, 0.1) is 25.4 Å². The largest absolute Gasteiger partial charge is 0.481 e. The summed E-state index contributed by atoms with van der Waals surface area (Å²) in [5.41, 5.74) is 22.0. The van der Waals surface area contributed by atoms with Crippen molar-refractivity contribution in [2.45, 2.75) is 126 Å². The standard InChI is InChI=1S/C37H59N13O14/c1-18(51)30(41)35(61)47-21(7-9-26(39)52)32(58)49-23(14-27(40)53)33(59)46-20(8-10-29(55)56)31(57)43-16-28(54)45-24(13-19-15-42-17-44-19)36(62)50-12-4-6-25(50)34(60)48-22(37(63)64)5-2-3-11-38/h15,17-18,20-25,30,51H,2-14,16,38,41H2,1H3,(H2,39,52)(H2,40,53)(H,42,44)(H,43,57)(H,45,54)(H,46,59)(H,47,61)(H,48,60)(H,49,58)(H,55,56)(H,63,64)/t18-,20+,21+,22+,23+,24+,25+,30+/m1/s1. The van der Waals surface area contributed by atoms with E-state index in [9.17, 15) is 68.1 Å². The third kappa shape index (κ3) is 18.3. The molecule has 1 saturated heterocycles. The first kappa shape index (κ1) is 53.4. The van der Waals surface area contributed by atoms with Gasteiger partial charge in [-0.05, 0) is 58.4 Å². The molecular weight excluding hydrogens is 850 g/mol. The zero-order chi connectivity index (χ0) is 48.1. The maximum atomic E-state index is 14.0. The molecule has 0 saturated carbocycles. The summed E-state index contributed by atoms with van der Waals surface area (Å²) in [5.74, 6) is -11.5. The van der Waals surface area contributed by atoms with Crippen LogP contribution in [0, 0.1) is 0 Å². The number of aromatic amines is 1. The van der Waals surface area contributed by atoms with E-state index >= 15 is 0 Å². The minimum Gasteiger partial charge on any atom is -0.481 e. The van der Waals surface area contributed by atoms with E-state index < -0.39 is 152 Å². The van der Waals surface area contributed by atoms with Crippen LogP contribution < -0.4 is 54.8 Å². The van der Waals surface area contributed by atoms with Gasteiger partial charge < -0.3 is 80.0 Å². The van der Waals surface area contributed by atoms with Crippen LogP contribution >= 0.6 is 0 Å². The number of amides is 9. The van der Waals surface area contributed by atoms with Crippen molar-refractivity contribution < 1.29 is 68.1 Å². The summed E-state index contributed by atoms with van der Waals surface area (Å²) in [7, 11) is 0. The van der Waals surface area contributed by atoms with Gasteiger partial charge in [-0.1, -0.05) is 0 Å². The number of unbranched alkanes of at least 4 members (excludes halogenated alkanes) is 1. The molecule has 1 aromatic rings. The number of hydrogen-bond donors (Lipinski definition) is 14. The molecule has 0 unspecified atom stereocenters. The summed E-state index contributed by atoms with van der Waals surface area (Å²) in [5, 5.41) is 42.5. The fourth-order valence-corrected chi connectivity index (χ4v) is 6.41. The number of hydrogen-bond acceptors (Lipinski definition) is 15. The third-order valence-corrected chi connectivity index (χ3v) is 9.89. The first-order valence-corrected chi connectivity index (χ1v) is 20.4. The number of nitrogens with zero attached hydrogens (tertiary/aromatic N) is 2. The number of nitrogens with two attached hydrogens (primary N) is 4. The van der Waals surface area contributed by atoms with E-state index in [1.165, 1.54) is 24.3 Å². The lowest BCUT2D eigenvalue weighted by Crippen LogP contribution is -2.59. The van der Waals surface area contributed by atoms with Gasteiger partial charge in [-0.2, -0.15) is 0 Å². The molecule has 0 aromatic carbocycles. The highest BCUT2D eigenvalue weighted by Gasteiger charge is 2.39. The number of aliphatic hydroxyl groups is 1. The van der Waals surface area contributed by atoms with Gasteiger partial charge in [0.25, 0.3) is 0 Å². The summed E-state index contributed by atoms with van der Waals surface area (Å²) < 4.78 is 0. The van der Waals surface area contributed by atoms with E-state index in [1.807, 2.05) is 0 Å².